The summed E-state index contributed by atoms with van der Waals surface area (Å²) in [4.78, 5) is 18.6. The van der Waals surface area contributed by atoms with Gasteiger partial charge in [-0.3, -0.25) is 15.2 Å². The van der Waals surface area contributed by atoms with Crippen LogP contribution in [0.2, 0.25) is 0 Å². The van der Waals surface area contributed by atoms with Crippen molar-refractivity contribution in [3.05, 3.63) is 77.4 Å². The van der Waals surface area contributed by atoms with Crippen molar-refractivity contribution in [2.24, 2.45) is 5.10 Å². The highest BCUT2D eigenvalue weighted by molar-refractivity contribution is 5.89. The molecule has 1 aromatic carbocycles. The van der Waals surface area contributed by atoms with Crippen molar-refractivity contribution < 1.29 is 4.79 Å². The second-order valence-corrected chi connectivity index (χ2v) is 8.70. The quantitative estimate of drug-likeness (QED) is 0.652. The molecule has 3 N–H and O–H groups in total. The second kappa shape index (κ2) is 8.63. The predicted molar refractivity (Wildman–Crippen MR) is 123 cm³/mol. The summed E-state index contributed by atoms with van der Waals surface area (Å²) in [6, 6.07) is 11.0. The zero-order valence-electron chi connectivity index (χ0n) is 18.5. The third kappa shape index (κ3) is 4.05. The maximum atomic E-state index is 12.3. The maximum Gasteiger partial charge on any atom is 0.220 e. The molecule has 2 aromatic rings. The number of aromatic nitrogens is 1. The van der Waals surface area contributed by atoms with Gasteiger partial charge in [0.25, 0.3) is 0 Å². The number of carbonyl (C=O) groups is 1. The molecule has 3 aliphatic heterocycles. The van der Waals surface area contributed by atoms with Gasteiger partial charge < -0.3 is 15.2 Å². The van der Waals surface area contributed by atoms with E-state index >= 15 is 0 Å². The minimum atomic E-state index is 0.0140. The van der Waals surface area contributed by atoms with Crippen molar-refractivity contribution in [1.29, 1.82) is 0 Å². The molecule has 1 amide bonds. The van der Waals surface area contributed by atoms with Gasteiger partial charge in [0.2, 0.25) is 5.91 Å². The summed E-state index contributed by atoms with van der Waals surface area (Å²) in [7, 11) is 0. The molecular formula is C24H29N7O. The highest BCUT2D eigenvalue weighted by atomic mass is 16.1. The molecule has 3 unspecified atom stereocenters. The standard InChI is InChI=1S/C24H29N7O/c1-16-5-6-17(2)19(12-16)20-13-21-24-28-27-22(30(24)10-11-31(21)29-20)7-8-23(32)26-15-18-4-3-9-25-14-18/h3-6,9-12,14,20-21,24,28-29H,7-8,13,15H2,1-2H3,(H,26,32). The smallest absolute Gasteiger partial charge is 0.220 e. The average Bonchev–Trinajstić information content (AvgIpc) is 3.42. The zero-order chi connectivity index (χ0) is 22.1. The number of carbonyl (C=O) groups excluding carboxylic acids is 1. The number of fused-ring (bicyclic) bond motifs is 3. The molecule has 0 saturated carbocycles. The molecule has 0 aliphatic carbocycles. The lowest BCUT2D eigenvalue weighted by atomic mass is 9.95. The molecule has 0 bridgehead atoms. The van der Waals surface area contributed by atoms with E-state index < -0.39 is 0 Å². The fourth-order valence-electron chi connectivity index (χ4n) is 4.67. The lowest BCUT2D eigenvalue weighted by Gasteiger charge is -2.37. The Kier molecular flexibility index (Phi) is 5.53. The normalized spacial score (nSPS) is 23.4. The van der Waals surface area contributed by atoms with Crippen LogP contribution in [0.15, 0.2) is 60.2 Å². The number of nitrogens with one attached hydrogen (secondary N) is 3. The molecular weight excluding hydrogens is 402 g/mol. The van der Waals surface area contributed by atoms with Crippen molar-refractivity contribution >= 4 is 11.7 Å². The fourth-order valence-corrected chi connectivity index (χ4v) is 4.67. The Balaban J connectivity index is 1.17. The molecule has 32 heavy (non-hydrogen) atoms. The summed E-state index contributed by atoms with van der Waals surface area (Å²) in [6.45, 7) is 4.80. The highest BCUT2D eigenvalue weighted by Gasteiger charge is 2.44. The van der Waals surface area contributed by atoms with E-state index in [2.05, 4.69) is 74.4 Å². The van der Waals surface area contributed by atoms with Crippen LogP contribution in [0.25, 0.3) is 0 Å². The predicted octanol–water partition coefficient (Wildman–Crippen LogP) is 2.44. The molecule has 8 nitrogen and oxygen atoms in total. The SMILES string of the molecule is Cc1ccc(C)c(C2CC3C4NN=C(CCC(=O)NCc5cccnc5)N4C=CN3N2)c1. The molecule has 166 valence electrons. The van der Waals surface area contributed by atoms with Crippen LogP contribution in [0.3, 0.4) is 0 Å². The lowest BCUT2D eigenvalue weighted by Crippen LogP contribution is -2.54. The molecule has 1 aromatic heterocycles. The summed E-state index contributed by atoms with van der Waals surface area (Å²) >= 11 is 0. The highest BCUT2D eigenvalue weighted by Crippen LogP contribution is 2.35. The first-order chi connectivity index (χ1) is 15.6. The van der Waals surface area contributed by atoms with Crippen molar-refractivity contribution in [2.75, 3.05) is 0 Å². The minimum Gasteiger partial charge on any atom is -0.352 e. The largest absolute Gasteiger partial charge is 0.352 e. The zero-order valence-corrected chi connectivity index (χ0v) is 18.5. The monoisotopic (exact) mass is 431 g/mol. The van der Waals surface area contributed by atoms with Gasteiger partial charge in [-0.15, -0.1) is 0 Å². The van der Waals surface area contributed by atoms with Gasteiger partial charge in [0.1, 0.15) is 12.0 Å². The fraction of sp³-hybridized carbons (Fsp3) is 0.375. The average molecular weight is 432 g/mol. The number of hydrogen-bond acceptors (Lipinski definition) is 7. The first kappa shape index (κ1) is 20.5. The van der Waals surface area contributed by atoms with Crippen molar-refractivity contribution in [3.8, 4) is 0 Å². The summed E-state index contributed by atoms with van der Waals surface area (Å²) in [5, 5.41) is 9.71. The van der Waals surface area contributed by atoms with E-state index in [0.29, 0.717) is 19.4 Å². The molecule has 3 atom stereocenters. The summed E-state index contributed by atoms with van der Waals surface area (Å²) < 4.78 is 0. The molecule has 3 aliphatic rings. The Bertz CT molecular complexity index is 1050. The molecule has 8 heteroatoms. The first-order valence-electron chi connectivity index (χ1n) is 11.1. The maximum absolute atomic E-state index is 12.3. The Labute approximate surface area is 188 Å². The number of rotatable bonds is 6. The van der Waals surface area contributed by atoms with Crippen LogP contribution in [0.5, 0.6) is 0 Å². The number of hydrogen-bond donors (Lipinski definition) is 3. The summed E-state index contributed by atoms with van der Waals surface area (Å²) in [5.74, 6) is 0.915. The van der Waals surface area contributed by atoms with E-state index in [1.807, 2.05) is 18.3 Å². The molecule has 4 heterocycles. The van der Waals surface area contributed by atoms with Crippen LogP contribution in [-0.4, -0.2) is 38.8 Å². The number of amides is 1. The van der Waals surface area contributed by atoms with Gasteiger partial charge in [-0.25, -0.2) is 5.43 Å². The molecule has 1 fully saturated rings. The van der Waals surface area contributed by atoms with Crippen LogP contribution < -0.4 is 16.2 Å². The molecule has 0 radical (unpaired) electrons. The Hall–Kier alpha value is -3.39. The Morgan fingerprint density at radius 3 is 3.00 bits per heavy atom. The third-order valence-electron chi connectivity index (χ3n) is 6.41. The van der Waals surface area contributed by atoms with Crippen LogP contribution in [0.4, 0.5) is 0 Å². The van der Waals surface area contributed by atoms with E-state index in [-0.39, 0.29) is 24.2 Å². The Morgan fingerprint density at radius 1 is 1.25 bits per heavy atom. The van der Waals surface area contributed by atoms with Gasteiger partial charge >= 0.3 is 0 Å². The van der Waals surface area contributed by atoms with E-state index in [9.17, 15) is 4.79 Å². The number of hydrazine groups is 1. The van der Waals surface area contributed by atoms with E-state index in [4.69, 9.17) is 0 Å². The van der Waals surface area contributed by atoms with Gasteiger partial charge in [-0.1, -0.05) is 29.8 Å². The topological polar surface area (TPSA) is 84.9 Å². The van der Waals surface area contributed by atoms with Crippen molar-refractivity contribution in [1.82, 2.24) is 31.1 Å². The van der Waals surface area contributed by atoms with E-state index in [0.717, 1.165) is 17.8 Å². The number of amidine groups is 1. The van der Waals surface area contributed by atoms with Crippen LogP contribution >= 0.6 is 0 Å². The lowest BCUT2D eigenvalue weighted by molar-refractivity contribution is -0.121. The number of hydrazone groups is 1. The van der Waals surface area contributed by atoms with Crippen LogP contribution in [-0.2, 0) is 11.3 Å². The number of nitrogens with zero attached hydrogens (tertiary/aromatic N) is 4. The van der Waals surface area contributed by atoms with Gasteiger partial charge in [0, 0.05) is 44.2 Å². The number of benzene rings is 1. The van der Waals surface area contributed by atoms with Gasteiger partial charge in [-0.2, -0.15) is 5.10 Å². The molecule has 1 saturated heterocycles. The number of aryl methyl sites for hydroxylation is 2. The van der Waals surface area contributed by atoms with E-state index in [1.165, 1.54) is 16.7 Å². The Morgan fingerprint density at radius 2 is 2.16 bits per heavy atom. The molecule has 0 spiro atoms. The minimum absolute atomic E-state index is 0.0140. The molecule has 5 rings (SSSR count). The second-order valence-electron chi connectivity index (χ2n) is 8.70. The van der Waals surface area contributed by atoms with Crippen molar-refractivity contribution in [2.45, 2.75) is 57.9 Å². The van der Waals surface area contributed by atoms with E-state index in [1.54, 1.807) is 12.4 Å². The number of pyridine rings is 1. The van der Waals surface area contributed by atoms with Crippen LogP contribution in [0, 0.1) is 13.8 Å². The van der Waals surface area contributed by atoms with Gasteiger partial charge in [0.15, 0.2) is 0 Å². The first-order valence-corrected chi connectivity index (χ1v) is 11.1. The summed E-state index contributed by atoms with van der Waals surface area (Å²) in [5.41, 5.74) is 11.9. The van der Waals surface area contributed by atoms with Gasteiger partial charge in [0.05, 0.1) is 12.1 Å². The van der Waals surface area contributed by atoms with Gasteiger partial charge in [-0.05, 0) is 43.0 Å². The third-order valence-corrected chi connectivity index (χ3v) is 6.41. The van der Waals surface area contributed by atoms with Crippen LogP contribution in [0.1, 0.15) is 47.6 Å². The summed E-state index contributed by atoms with van der Waals surface area (Å²) in [6.07, 6.45) is 9.66. The van der Waals surface area contributed by atoms with Crippen molar-refractivity contribution in [3.63, 3.8) is 0 Å².